The van der Waals surface area contributed by atoms with E-state index >= 15 is 0 Å². The standard InChI is InChI=1S/C21H18FN3O3S2/c1-30(27,28)24-18-4-2-3-15(11-18)19-12-20(14-5-7-17(22)8-6-14)25(23-19)21(26)16-9-10-29-13-16/h2-11,13,20,24H,12H2,1H3/t20-/m1/s1. The van der Waals surface area contributed by atoms with Crippen molar-refractivity contribution in [3.8, 4) is 0 Å². The molecule has 1 aliphatic rings. The quantitative estimate of drug-likeness (QED) is 0.640. The summed E-state index contributed by atoms with van der Waals surface area (Å²) in [5.41, 5.74) is 3.06. The number of nitrogens with one attached hydrogen (secondary N) is 1. The van der Waals surface area contributed by atoms with Crippen molar-refractivity contribution in [2.45, 2.75) is 12.5 Å². The molecule has 0 aliphatic carbocycles. The normalized spacial score (nSPS) is 16.4. The van der Waals surface area contributed by atoms with Gasteiger partial charge in [0.2, 0.25) is 10.0 Å². The van der Waals surface area contributed by atoms with Gasteiger partial charge < -0.3 is 0 Å². The molecular formula is C21H18FN3O3S2. The fraction of sp³-hybridized carbons (Fsp3) is 0.143. The fourth-order valence-electron chi connectivity index (χ4n) is 3.31. The van der Waals surface area contributed by atoms with Crippen molar-refractivity contribution in [3.63, 3.8) is 0 Å². The average Bonchev–Trinajstić information content (AvgIpc) is 3.37. The van der Waals surface area contributed by atoms with Crippen LogP contribution in [-0.2, 0) is 10.0 Å². The van der Waals surface area contributed by atoms with E-state index in [2.05, 4.69) is 9.82 Å². The van der Waals surface area contributed by atoms with Gasteiger partial charge in [-0.25, -0.2) is 17.8 Å². The summed E-state index contributed by atoms with van der Waals surface area (Å²) in [6, 6.07) is 14.2. The summed E-state index contributed by atoms with van der Waals surface area (Å²) in [6.45, 7) is 0. The maximum Gasteiger partial charge on any atom is 0.275 e. The van der Waals surface area contributed by atoms with Crippen molar-refractivity contribution in [1.82, 2.24) is 5.01 Å². The van der Waals surface area contributed by atoms with Gasteiger partial charge >= 0.3 is 0 Å². The number of benzene rings is 2. The Hall–Kier alpha value is -3.04. The van der Waals surface area contributed by atoms with Crippen LogP contribution in [0, 0.1) is 5.82 Å². The Balaban J connectivity index is 1.70. The first-order chi connectivity index (χ1) is 14.3. The summed E-state index contributed by atoms with van der Waals surface area (Å²) in [7, 11) is -3.42. The number of hydrogen-bond donors (Lipinski definition) is 1. The first-order valence-electron chi connectivity index (χ1n) is 9.07. The molecule has 2 heterocycles. The Kier molecular flexibility index (Phi) is 5.40. The highest BCUT2D eigenvalue weighted by Crippen LogP contribution is 2.34. The second-order valence-electron chi connectivity index (χ2n) is 6.93. The molecule has 1 atom stereocenters. The Morgan fingerprint density at radius 1 is 1.20 bits per heavy atom. The summed E-state index contributed by atoms with van der Waals surface area (Å²) >= 11 is 1.42. The van der Waals surface area contributed by atoms with Crippen LogP contribution in [0.4, 0.5) is 10.1 Å². The molecule has 1 aromatic heterocycles. The average molecular weight is 444 g/mol. The van der Waals surface area contributed by atoms with Crippen LogP contribution in [0.1, 0.15) is 33.9 Å². The number of carbonyl (C=O) groups is 1. The zero-order valence-electron chi connectivity index (χ0n) is 15.9. The van der Waals surface area contributed by atoms with Crippen molar-refractivity contribution in [2.75, 3.05) is 11.0 Å². The van der Waals surface area contributed by atoms with Crippen LogP contribution < -0.4 is 4.72 Å². The topological polar surface area (TPSA) is 78.8 Å². The van der Waals surface area contributed by atoms with E-state index in [0.717, 1.165) is 11.8 Å². The van der Waals surface area contributed by atoms with Gasteiger partial charge in [0.15, 0.2) is 0 Å². The summed E-state index contributed by atoms with van der Waals surface area (Å²) in [4.78, 5) is 13.0. The Labute approximate surface area is 177 Å². The molecule has 2 aromatic carbocycles. The second kappa shape index (κ2) is 8.00. The fourth-order valence-corrected chi connectivity index (χ4v) is 4.50. The van der Waals surface area contributed by atoms with Crippen molar-refractivity contribution < 1.29 is 17.6 Å². The lowest BCUT2D eigenvalue weighted by Gasteiger charge is -2.21. The molecule has 0 bridgehead atoms. The van der Waals surface area contributed by atoms with Gasteiger partial charge in [-0.05, 0) is 46.8 Å². The number of anilines is 1. The molecule has 154 valence electrons. The van der Waals surface area contributed by atoms with Gasteiger partial charge in [-0.1, -0.05) is 24.3 Å². The van der Waals surface area contributed by atoms with Crippen LogP contribution in [0.2, 0.25) is 0 Å². The second-order valence-corrected chi connectivity index (χ2v) is 9.46. The van der Waals surface area contributed by atoms with Crippen molar-refractivity contribution >= 4 is 38.7 Å². The molecular weight excluding hydrogens is 425 g/mol. The van der Waals surface area contributed by atoms with E-state index in [0.29, 0.717) is 28.9 Å². The molecule has 1 aliphatic heterocycles. The number of amides is 1. The van der Waals surface area contributed by atoms with Crippen LogP contribution in [0.5, 0.6) is 0 Å². The lowest BCUT2D eigenvalue weighted by molar-refractivity contribution is 0.0711. The van der Waals surface area contributed by atoms with Gasteiger partial charge in [-0.15, -0.1) is 0 Å². The predicted octanol–water partition coefficient (Wildman–Crippen LogP) is 4.25. The van der Waals surface area contributed by atoms with E-state index in [-0.39, 0.29) is 17.8 Å². The molecule has 1 N–H and O–H groups in total. The molecule has 0 radical (unpaired) electrons. The third kappa shape index (κ3) is 4.42. The number of hydrogen-bond acceptors (Lipinski definition) is 5. The Morgan fingerprint density at radius 2 is 1.97 bits per heavy atom. The molecule has 4 rings (SSSR count). The number of hydrazone groups is 1. The number of nitrogens with zero attached hydrogens (tertiary/aromatic N) is 2. The van der Waals surface area contributed by atoms with Crippen molar-refractivity contribution in [3.05, 3.63) is 87.9 Å². The van der Waals surface area contributed by atoms with E-state index in [4.69, 9.17) is 0 Å². The zero-order valence-corrected chi connectivity index (χ0v) is 17.6. The molecule has 9 heteroatoms. The first kappa shape index (κ1) is 20.2. The highest BCUT2D eigenvalue weighted by molar-refractivity contribution is 7.92. The number of halogens is 1. The lowest BCUT2D eigenvalue weighted by atomic mass is 9.98. The van der Waals surface area contributed by atoms with Gasteiger partial charge in [0, 0.05) is 17.5 Å². The number of sulfonamides is 1. The largest absolute Gasteiger partial charge is 0.284 e. The Bertz CT molecular complexity index is 1210. The molecule has 0 saturated heterocycles. The molecule has 0 spiro atoms. The predicted molar refractivity (Wildman–Crippen MR) is 116 cm³/mol. The molecule has 0 unspecified atom stereocenters. The monoisotopic (exact) mass is 443 g/mol. The van der Waals surface area contributed by atoms with Crippen LogP contribution in [0.15, 0.2) is 70.5 Å². The molecule has 6 nitrogen and oxygen atoms in total. The minimum Gasteiger partial charge on any atom is -0.284 e. The van der Waals surface area contributed by atoms with Crippen LogP contribution in [-0.4, -0.2) is 31.3 Å². The number of thiophene rings is 1. The van der Waals surface area contributed by atoms with Crippen molar-refractivity contribution in [2.24, 2.45) is 5.10 Å². The third-order valence-electron chi connectivity index (χ3n) is 4.64. The highest BCUT2D eigenvalue weighted by atomic mass is 32.2. The SMILES string of the molecule is CS(=O)(=O)Nc1cccc(C2=NN(C(=O)c3ccsc3)[C@@H](c3ccc(F)cc3)C2)c1. The van der Waals surface area contributed by atoms with Gasteiger partial charge in [-0.3, -0.25) is 9.52 Å². The van der Waals surface area contributed by atoms with E-state index < -0.39 is 10.0 Å². The Morgan fingerprint density at radius 3 is 2.63 bits per heavy atom. The number of rotatable bonds is 5. The van der Waals surface area contributed by atoms with Gasteiger partial charge in [-0.2, -0.15) is 16.4 Å². The van der Waals surface area contributed by atoms with Gasteiger partial charge in [0.25, 0.3) is 5.91 Å². The maximum atomic E-state index is 13.4. The summed E-state index contributed by atoms with van der Waals surface area (Å²) in [5, 5.41) is 9.56. The van der Waals surface area contributed by atoms with E-state index in [9.17, 15) is 17.6 Å². The molecule has 0 fully saturated rings. The molecule has 30 heavy (non-hydrogen) atoms. The van der Waals surface area contributed by atoms with Crippen LogP contribution in [0.25, 0.3) is 0 Å². The number of carbonyl (C=O) groups excluding carboxylic acids is 1. The van der Waals surface area contributed by atoms with Gasteiger partial charge in [0.1, 0.15) is 5.82 Å². The zero-order chi connectivity index (χ0) is 21.3. The van der Waals surface area contributed by atoms with E-state index in [1.54, 1.807) is 41.8 Å². The van der Waals surface area contributed by atoms with Crippen molar-refractivity contribution in [1.29, 1.82) is 0 Å². The van der Waals surface area contributed by atoms with Crippen LogP contribution in [0.3, 0.4) is 0 Å². The molecule has 1 amide bonds. The summed E-state index contributed by atoms with van der Waals surface area (Å²) in [5.74, 6) is -0.598. The smallest absolute Gasteiger partial charge is 0.275 e. The van der Waals surface area contributed by atoms with E-state index in [1.807, 2.05) is 11.4 Å². The van der Waals surface area contributed by atoms with E-state index in [1.165, 1.54) is 28.5 Å². The van der Waals surface area contributed by atoms with Crippen LogP contribution >= 0.6 is 11.3 Å². The summed E-state index contributed by atoms with van der Waals surface area (Å²) in [6.07, 6.45) is 1.50. The lowest BCUT2D eigenvalue weighted by Crippen LogP contribution is -2.26. The minimum atomic E-state index is -3.42. The maximum absolute atomic E-state index is 13.4. The molecule has 3 aromatic rings. The highest BCUT2D eigenvalue weighted by Gasteiger charge is 2.34. The minimum absolute atomic E-state index is 0.244. The first-order valence-corrected chi connectivity index (χ1v) is 11.9. The molecule has 0 saturated carbocycles. The summed E-state index contributed by atoms with van der Waals surface area (Å²) < 4.78 is 39.0. The van der Waals surface area contributed by atoms with Gasteiger partial charge in [0.05, 0.1) is 23.6 Å². The third-order valence-corrected chi connectivity index (χ3v) is 5.93.